The number of hydrogen-bond acceptors (Lipinski definition) is 1. The van der Waals surface area contributed by atoms with Crippen molar-refractivity contribution in [3.05, 3.63) is 34.9 Å². The number of amides is 1. The van der Waals surface area contributed by atoms with Gasteiger partial charge in [0.2, 0.25) is 5.91 Å². The number of alkyl halides is 1. The minimum absolute atomic E-state index is 0.0715. The Kier molecular flexibility index (Phi) is 6.02. The molecular formula is C11H13ClINO. The van der Waals surface area contributed by atoms with Gasteiger partial charge in [0, 0.05) is 16.0 Å². The first-order valence-electron chi connectivity index (χ1n) is 4.79. The van der Waals surface area contributed by atoms with Crippen molar-refractivity contribution in [3.63, 3.8) is 0 Å². The van der Waals surface area contributed by atoms with E-state index >= 15 is 0 Å². The van der Waals surface area contributed by atoms with Gasteiger partial charge in [-0.2, -0.15) is 0 Å². The highest BCUT2D eigenvalue weighted by Crippen LogP contribution is 2.09. The summed E-state index contributed by atoms with van der Waals surface area (Å²) in [7, 11) is 0. The second-order valence-corrected chi connectivity index (χ2v) is 4.71. The zero-order valence-electron chi connectivity index (χ0n) is 8.30. The first-order chi connectivity index (χ1) is 7.22. The van der Waals surface area contributed by atoms with Crippen LogP contribution in [0.5, 0.6) is 0 Å². The van der Waals surface area contributed by atoms with Gasteiger partial charge >= 0.3 is 0 Å². The smallest absolute Gasteiger partial charge is 0.224 e. The van der Waals surface area contributed by atoms with Gasteiger partial charge in [0.15, 0.2) is 0 Å². The van der Waals surface area contributed by atoms with Gasteiger partial charge in [-0.1, -0.05) is 46.3 Å². The first-order valence-corrected chi connectivity index (χ1v) is 6.70. The molecule has 1 amide bonds. The Hall–Kier alpha value is -0.290. The minimum atomic E-state index is 0.0715. The molecule has 0 spiro atoms. The molecule has 2 nitrogen and oxygen atoms in total. The van der Waals surface area contributed by atoms with Crippen LogP contribution in [0, 0.1) is 0 Å². The first kappa shape index (κ1) is 12.8. The third-order valence-corrected chi connectivity index (χ3v) is 2.93. The third kappa shape index (κ3) is 5.37. The van der Waals surface area contributed by atoms with Gasteiger partial charge in [0.05, 0.1) is 6.42 Å². The summed E-state index contributed by atoms with van der Waals surface area (Å²) in [5.74, 6) is 0.0715. The van der Waals surface area contributed by atoms with Crippen LogP contribution in [0.4, 0.5) is 0 Å². The number of benzene rings is 1. The maximum absolute atomic E-state index is 11.4. The lowest BCUT2D eigenvalue weighted by Crippen LogP contribution is -2.26. The Morgan fingerprint density at radius 2 is 2.00 bits per heavy atom. The molecule has 1 aromatic carbocycles. The lowest BCUT2D eigenvalue weighted by Gasteiger charge is -2.03. The van der Waals surface area contributed by atoms with Gasteiger partial charge in [0.25, 0.3) is 0 Å². The zero-order chi connectivity index (χ0) is 11.1. The molecule has 0 radical (unpaired) electrons. The van der Waals surface area contributed by atoms with E-state index in [1.54, 1.807) is 12.1 Å². The maximum atomic E-state index is 11.4. The van der Waals surface area contributed by atoms with Crippen LogP contribution in [0.2, 0.25) is 5.02 Å². The number of halogens is 2. The number of rotatable bonds is 5. The predicted octanol–water partition coefficient (Wildman–Crippen LogP) is 2.82. The number of carbonyl (C=O) groups is 1. The highest BCUT2D eigenvalue weighted by Gasteiger charge is 2.01. The van der Waals surface area contributed by atoms with Gasteiger partial charge < -0.3 is 5.32 Å². The molecule has 0 unspecified atom stereocenters. The van der Waals surface area contributed by atoms with E-state index in [0.29, 0.717) is 11.4 Å². The van der Waals surface area contributed by atoms with Crippen LogP contribution in [0.3, 0.4) is 0 Å². The molecule has 0 atom stereocenters. The van der Waals surface area contributed by atoms with Crippen LogP contribution in [-0.4, -0.2) is 16.9 Å². The standard InChI is InChI=1S/C11H13ClINO/c12-10-4-2-9(3-5-10)8-11(15)14-7-1-6-13/h2-5H,1,6-8H2,(H,14,15). The molecule has 1 N–H and O–H groups in total. The van der Waals surface area contributed by atoms with Crippen molar-refractivity contribution in [3.8, 4) is 0 Å². The van der Waals surface area contributed by atoms with Gasteiger partial charge in [-0.05, 0) is 24.1 Å². The molecule has 0 aliphatic heterocycles. The van der Waals surface area contributed by atoms with Crippen molar-refractivity contribution in [1.82, 2.24) is 5.32 Å². The number of carbonyl (C=O) groups excluding carboxylic acids is 1. The Bertz CT molecular complexity index is 313. The van der Waals surface area contributed by atoms with Crippen LogP contribution >= 0.6 is 34.2 Å². The molecule has 1 rings (SSSR count). The van der Waals surface area contributed by atoms with Gasteiger partial charge in [-0.15, -0.1) is 0 Å². The van der Waals surface area contributed by atoms with Gasteiger partial charge in [-0.3, -0.25) is 4.79 Å². The second-order valence-electron chi connectivity index (χ2n) is 3.20. The fourth-order valence-corrected chi connectivity index (χ4v) is 1.65. The summed E-state index contributed by atoms with van der Waals surface area (Å²) in [6.07, 6.45) is 1.45. The van der Waals surface area contributed by atoms with Gasteiger partial charge in [0.1, 0.15) is 0 Å². The molecule has 0 aliphatic carbocycles. The summed E-state index contributed by atoms with van der Waals surface area (Å²) in [5, 5.41) is 3.57. The Balaban J connectivity index is 2.34. The molecule has 0 heterocycles. The molecule has 0 fully saturated rings. The molecule has 0 saturated heterocycles. The largest absolute Gasteiger partial charge is 0.356 e. The van der Waals surface area contributed by atoms with E-state index < -0.39 is 0 Å². The molecule has 0 saturated carbocycles. The highest BCUT2D eigenvalue weighted by atomic mass is 127. The van der Waals surface area contributed by atoms with Crippen molar-refractivity contribution >= 4 is 40.1 Å². The quantitative estimate of drug-likeness (QED) is 0.500. The normalized spacial score (nSPS) is 10.0. The van der Waals surface area contributed by atoms with Crippen molar-refractivity contribution in [1.29, 1.82) is 0 Å². The summed E-state index contributed by atoms with van der Waals surface area (Å²) in [5.41, 5.74) is 0.992. The average molecular weight is 338 g/mol. The van der Waals surface area contributed by atoms with Crippen LogP contribution < -0.4 is 5.32 Å². The number of hydrogen-bond donors (Lipinski definition) is 1. The van der Waals surface area contributed by atoms with E-state index in [2.05, 4.69) is 27.9 Å². The van der Waals surface area contributed by atoms with Crippen LogP contribution in [0.1, 0.15) is 12.0 Å². The average Bonchev–Trinajstić information content (AvgIpc) is 2.22. The zero-order valence-corrected chi connectivity index (χ0v) is 11.2. The fourth-order valence-electron chi connectivity index (χ4n) is 1.14. The molecule has 15 heavy (non-hydrogen) atoms. The summed E-state index contributed by atoms with van der Waals surface area (Å²) in [6.45, 7) is 0.759. The molecular weight excluding hydrogens is 324 g/mol. The van der Waals surface area contributed by atoms with E-state index in [4.69, 9.17) is 11.6 Å². The third-order valence-electron chi connectivity index (χ3n) is 1.91. The summed E-state index contributed by atoms with van der Waals surface area (Å²) in [6, 6.07) is 7.35. The number of nitrogens with one attached hydrogen (secondary N) is 1. The molecule has 4 heteroatoms. The molecule has 82 valence electrons. The Morgan fingerprint density at radius 3 is 2.60 bits per heavy atom. The molecule has 0 aliphatic rings. The van der Waals surface area contributed by atoms with Gasteiger partial charge in [-0.25, -0.2) is 0 Å². The second kappa shape index (κ2) is 7.06. The van der Waals surface area contributed by atoms with E-state index in [0.717, 1.165) is 23.0 Å². The molecule has 0 aromatic heterocycles. The Morgan fingerprint density at radius 1 is 1.33 bits per heavy atom. The Labute approximate surface area is 109 Å². The maximum Gasteiger partial charge on any atom is 0.224 e. The van der Waals surface area contributed by atoms with E-state index in [1.165, 1.54) is 0 Å². The van der Waals surface area contributed by atoms with Crippen LogP contribution in [0.25, 0.3) is 0 Å². The highest BCUT2D eigenvalue weighted by molar-refractivity contribution is 14.1. The molecule has 0 bridgehead atoms. The van der Waals surface area contributed by atoms with E-state index in [1.807, 2.05) is 12.1 Å². The fraction of sp³-hybridized carbons (Fsp3) is 0.364. The van der Waals surface area contributed by atoms with E-state index in [-0.39, 0.29) is 5.91 Å². The topological polar surface area (TPSA) is 29.1 Å². The summed E-state index contributed by atoms with van der Waals surface area (Å²) in [4.78, 5) is 11.4. The van der Waals surface area contributed by atoms with Crippen molar-refractivity contribution in [2.75, 3.05) is 11.0 Å². The van der Waals surface area contributed by atoms with E-state index in [9.17, 15) is 4.79 Å². The van der Waals surface area contributed by atoms with Crippen molar-refractivity contribution in [2.45, 2.75) is 12.8 Å². The monoisotopic (exact) mass is 337 g/mol. The SMILES string of the molecule is O=C(Cc1ccc(Cl)cc1)NCCCI. The lowest BCUT2D eigenvalue weighted by molar-refractivity contribution is -0.120. The van der Waals surface area contributed by atoms with Crippen molar-refractivity contribution in [2.24, 2.45) is 0 Å². The summed E-state index contributed by atoms with van der Waals surface area (Å²) < 4.78 is 1.07. The predicted molar refractivity (Wildman–Crippen MR) is 71.7 cm³/mol. The lowest BCUT2D eigenvalue weighted by atomic mass is 10.1. The van der Waals surface area contributed by atoms with Crippen LogP contribution in [-0.2, 0) is 11.2 Å². The summed E-state index contributed by atoms with van der Waals surface area (Å²) >= 11 is 8.04. The van der Waals surface area contributed by atoms with Crippen molar-refractivity contribution < 1.29 is 4.79 Å². The molecule has 1 aromatic rings. The van der Waals surface area contributed by atoms with Crippen LogP contribution in [0.15, 0.2) is 24.3 Å². The minimum Gasteiger partial charge on any atom is -0.356 e.